The van der Waals surface area contributed by atoms with Crippen molar-refractivity contribution in [3.05, 3.63) is 11.4 Å². The molecule has 0 bridgehead atoms. The average Bonchev–Trinajstić information content (AvgIpc) is 2.68. The van der Waals surface area contributed by atoms with Crippen molar-refractivity contribution >= 4 is 22.4 Å². The first-order valence-corrected chi connectivity index (χ1v) is 7.52. The molecule has 1 amide bonds. The number of nitrogen functional groups attached to an aromatic ring is 1. The van der Waals surface area contributed by atoms with Crippen molar-refractivity contribution in [1.29, 1.82) is 0 Å². The molecule has 7 heteroatoms. The molecule has 1 aromatic heterocycles. The molecule has 1 heterocycles. The molecular weight excluding hydrogens is 252 g/mol. The number of aromatic amines is 1. The second kappa shape index (κ2) is 6.53. The molecule has 0 aliphatic rings. The lowest BCUT2D eigenvalue weighted by atomic mass is 10.2. The Morgan fingerprint density at radius 2 is 2.28 bits per heavy atom. The van der Waals surface area contributed by atoms with Crippen LogP contribution in [0.25, 0.3) is 0 Å². The molecule has 2 unspecified atom stereocenters. The summed E-state index contributed by atoms with van der Waals surface area (Å²) in [5.41, 5.74) is 7.25. The van der Waals surface area contributed by atoms with Gasteiger partial charge in [0.1, 0.15) is 0 Å². The minimum Gasteiger partial charge on any atom is -0.395 e. The van der Waals surface area contributed by atoms with E-state index in [1.54, 1.807) is 6.26 Å². The Labute approximate surface area is 109 Å². The zero-order valence-corrected chi connectivity index (χ0v) is 11.8. The van der Waals surface area contributed by atoms with E-state index in [4.69, 9.17) is 5.73 Å². The minimum absolute atomic E-state index is 0.0933. The number of aromatic nitrogens is 2. The Balaban J connectivity index is 2.64. The molecule has 0 aromatic carbocycles. The van der Waals surface area contributed by atoms with Gasteiger partial charge in [0.25, 0.3) is 5.91 Å². The third-order valence-electron chi connectivity index (χ3n) is 2.71. The number of hydrogen-bond acceptors (Lipinski definition) is 4. The fourth-order valence-electron chi connectivity index (χ4n) is 1.44. The number of hydrogen-bond donors (Lipinski definition) is 3. The Morgan fingerprint density at radius 3 is 2.83 bits per heavy atom. The van der Waals surface area contributed by atoms with E-state index in [2.05, 4.69) is 15.5 Å². The number of carbonyl (C=O) groups is 1. The van der Waals surface area contributed by atoms with Gasteiger partial charge >= 0.3 is 0 Å². The van der Waals surface area contributed by atoms with Gasteiger partial charge in [-0.15, -0.1) is 0 Å². The van der Waals surface area contributed by atoms with Gasteiger partial charge in [0, 0.05) is 28.9 Å². The summed E-state index contributed by atoms with van der Waals surface area (Å²) in [6, 6.07) is 0. The first-order valence-electron chi connectivity index (χ1n) is 5.90. The van der Waals surface area contributed by atoms with Gasteiger partial charge < -0.3 is 11.1 Å². The number of nitrogens with two attached hydrogens (primary N) is 1. The molecule has 0 saturated carbocycles. The van der Waals surface area contributed by atoms with Crippen LogP contribution in [0.3, 0.4) is 0 Å². The predicted molar refractivity (Wildman–Crippen MR) is 72.9 cm³/mol. The zero-order valence-electron chi connectivity index (χ0n) is 10.9. The van der Waals surface area contributed by atoms with Crippen LogP contribution < -0.4 is 11.1 Å². The zero-order chi connectivity index (χ0) is 13.7. The van der Waals surface area contributed by atoms with Crippen molar-refractivity contribution in [3.8, 4) is 0 Å². The molecule has 0 spiro atoms. The maximum absolute atomic E-state index is 11.8. The van der Waals surface area contributed by atoms with Crippen LogP contribution in [0, 0.1) is 0 Å². The summed E-state index contributed by atoms with van der Waals surface area (Å²) in [5, 5.41) is 9.28. The average molecular weight is 272 g/mol. The molecule has 6 nitrogen and oxygen atoms in total. The maximum Gasteiger partial charge on any atom is 0.273 e. The molecule has 1 aromatic rings. The smallest absolute Gasteiger partial charge is 0.273 e. The molecule has 0 saturated heterocycles. The Morgan fingerprint density at radius 1 is 1.61 bits per heavy atom. The highest BCUT2D eigenvalue weighted by atomic mass is 32.2. The van der Waals surface area contributed by atoms with E-state index >= 15 is 0 Å². The number of rotatable bonds is 6. The van der Waals surface area contributed by atoms with Crippen molar-refractivity contribution in [1.82, 2.24) is 15.5 Å². The number of aryl methyl sites for hydroxylation is 1. The van der Waals surface area contributed by atoms with Crippen LogP contribution in [0.2, 0.25) is 0 Å². The van der Waals surface area contributed by atoms with E-state index in [0.29, 0.717) is 12.2 Å². The van der Waals surface area contributed by atoms with Crippen molar-refractivity contribution in [2.24, 2.45) is 0 Å². The monoisotopic (exact) mass is 272 g/mol. The van der Waals surface area contributed by atoms with Gasteiger partial charge in [-0.3, -0.25) is 14.1 Å². The summed E-state index contributed by atoms with van der Waals surface area (Å²) in [7, 11) is -0.961. The van der Waals surface area contributed by atoms with Crippen molar-refractivity contribution in [2.75, 3.05) is 18.5 Å². The SMILES string of the molecule is CCCc1[nH]nc(C(=O)NCC(C)S(C)=O)c1N. The molecule has 2 atom stereocenters. The quantitative estimate of drug-likeness (QED) is 0.699. The van der Waals surface area contributed by atoms with E-state index in [1.807, 2.05) is 13.8 Å². The molecule has 18 heavy (non-hydrogen) atoms. The lowest BCUT2D eigenvalue weighted by Gasteiger charge is -2.09. The summed E-state index contributed by atoms with van der Waals surface area (Å²) < 4.78 is 11.2. The normalized spacial score (nSPS) is 14.2. The van der Waals surface area contributed by atoms with Gasteiger partial charge in [0.2, 0.25) is 0 Å². The highest BCUT2D eigenvalue weighted by Crippen LogP contribution is 2.15. The lowest BCUT2D eigenvalue weighted by molar-refractivity contribution is 0.0950. The van der Waals surface area contributed by atoms with Crippen LogP contribution >= 0.6 is 0 Å². The van der Waals surface area contributed by atoms with Crippen LogP contribution in [0.4, 0.5) is 5.69 Å². The van der Waals surface area contributed by atoms with Gasteiger partial charge in [0.05, 0.1) is 11.4 Å². The fourth-order valence-corrected chi connectivity index (χ4v) is 1.76. The number of H-pyrrole nitrogens is 1. The molecule has 0 aliphatic carbocycles. The summed E-state index contributed by atoms with van der Waals surface area (Å²) in [6.07, 6.45) is 3.31. The second-order valence-electron chi connectivity index (χ2n) is 4.23. The minimum atomic E-state index is -0.961. The molecule has 0 fully saturated rings. The number of carbonyl (C=O) groups excluding carboxylic acids is 1. The first kappa shape index (κ1) is 14.7. The van der Waals surface area contributed by atoms with E-state index in [1.165, 1.54) is 0 Å². The standard InChI is InChI=1S/C11H20N4O2S/c1-4-5-8-9(12)10(15-14-8)11(16)13-6-7(2)18(3)17/h7H,4-6,12H2,1-3H3,(H,13,16)(H,14,15). The van der Waals surface area contributed by atoms with Crippen molar-refractivity contribution in [2.45, 2.75) is 31.9 Å². The molecule has 1 rings (SSSR count). The summed E-state index contributed by atoms with van der Waals surface area (Å²) in [6.45, 7) is 4.18. The number of anilines is 1. The Kier molecular flexibility index (Phi) is 5.33. The summed E-state index contributed by atoms with van der Waals surface area (Å²) in [5.74, 6) is -0.330. The molecule has 0 aliphatic heterocycles. The summed E-state index contributed by atoms with van der Waals surface area (Å²) in [4.78, 5) is 11.8. The fraction of sp³-hybridized carbons (Fsp3) is 0.636. The van der Waals surface area contributed by atoms with Crippen molar-refractivity contribution in [3.63, 3.8) is 0 Å². The van der Waals surface area contributed by atoms with Crippen LogP contribution in [0.1, 0.15) is 36.5 Å². The summed E-state index contributed by atoms with van der Waals surface area (Å²) >= 11 is 0. The lowest BCUT2D eigenvalue weighted by Crippen LogP contribution is -2.33. The number of nitrogens with one attached hydrogen (secondary N) is 2. The number of amides is 1. The van der Waals surface area contributed by atoms with E-state index in [9.17, 15) is 9.00 Å². The van der Waals surface area contributed by atoms with Crippen LogP contribution in [-0.4, -0.2) is 38.4 Å². The predicted octanol–water partition coefficient (Wildman–Crippen LogP) is 0.441. The van der Waals surface area contributed by atoms with Gasteiger partial charge in [0.15, 0.2) is 5.69 Å². The maximum atomic E-state index is 11.8. The molecule has 102 valence electrons. The second-order valence-corrected chi connectivity index (χ2v) is 6.04. The van der Waals surface area contributed by atoms with E-state index < -0.39 is 10.8 Å². The number of nitrogens with zero attached hydrogens (tertiary/aromatic N) is 1. The van der Waals surface area contributed by atoms with Crippen LogP contribution in [-0.2, 0) is 17.2 Å². The molecular formula is C11H20N4O2S. The van der Waals surface area contributed by atoms with Crippen LogP contribution in [0.5, 0.6) is 0 Å². The first-order chi connectivity index (χ1) is 8.47. The highest BCUT2D eigenvalue weighted by Gasteiger charge is 2.17. The topological polar surface area (TPSA) is 101 Å². The Bertz CT molecular complexity index is 444. The third-order valence-corrected chi connectivity index (χ3v) is 4.01. The van der Waals surface area contributed by atoms with E-state index in [0.717, 1.165) is 18.5 Å². The Hall–Kier alpha value is -1.37. The third kappa shape index (κ3) is 3.56. The highest BCUT2D eigenvalue weighted by molar-refractivity contribution is 7.84. The molecule has 4 N–H and O–H groups in total. The van der Waals surface area contributed by atoms with E-state index in [-0.39, 0.29) is 16.9 Å². The van der Waals surface area contributed by atoms with Crippen molar-refractivity contribution < 1.29 is 9.00 Å². The van der Waals surface area contributed by atoms with Crippen LogP contribution in [0.15, 0.2) is 0 Å². The largest absolute Gasteiger partial charge is 0.395 e. The van der Waals surface area contributed by atoms with Gasteiger partial charge in [-0.05, 0) is 13.3 Å². The molecule has 0 radical (unpaired) electrons. The van der Waals surface area contributed by atoms with Gasteiger partial charge in [-0.1, -0.05) is 13.3 Å². The van der Waals surface area contributed by atoms with Gasteiger partial charge in [-0.2, -0.15) is 5.10 Å². The van der Waals surface area contributed by atoms with Gasteiger partial charge in [-0.25, -0.2) is 0 Å².